The van der Waals surface area contributed by atoms with E-state index < -0.39 is 195 Å². The molecule has 0 fully saturated rings. The van der Waals surface area contributed by atoms with Gasteiger partial charge in [-0.15, -0.1) is 0 Å². The highest BCUT2D eigenvalue weighted by Gasteiger charge is 2.47. The van der Waals surface area contributed by atoms with Gasteiger partial charge in [-0.2, -0.15) is 127 Å². The van der Waals surface area contributed by atoms with Gasteiger partial charge in [0.25, 0.3) is 0 Å². The highest BCUT2D eigenvalue weighted by molar-refractivity contribution is 7.20. The van der Waals surface area contributed by atoms with Gasteiger partial charge in [0.15, 0.2) is 0 Å². The molecule has 7 aromatic rings. The van der Waals surface area contributed by atoms with Crippen molar-refractivity contribution in [2.75, 3.05) is 0 Å². The molecule has 0 unspecified atom stereocenters. The van der Waals surface area contributed by atoms with Crippen LogP contribution in [-0.2, 0) is 49.4 Å². The minimum atomic E-state index is -6.13. The first-order valence-electron chi connectivity index (χ1n) is 20.7. The van der Waals surface area contributed by atoms with Crippen LogP contribution >= 0.6 is 0 Å². The standard InChI is InChI=1S/C32H12BF24.C15H11N4O/c34-25(35,36)13-1-14(26(37,38)39)6-21(5-13)33(22-7-15(27(40,41)42)2-16(8-22)28(43,44)45,23-9-17(29(46,47)48)3-18(10-23)30(49,50)51)24-11-19(31(52,53)54)4-20(12-24)32(55,56)57;16-18-17-14-6-3-7-15(10-14)20-19-9-8-12-4-1-2-5-13(12)11-19/h1-12H;1-11H/q-1;+1. The summed E-state index contributed by atoms with van der Waals surface area (Å²) in [6.07, 6.45) is -51.1. The summed E-state index contributed by atoms with van der Waals surface area (Å²) in [7, 11) is 0. The van der Waals surface area contributed by atoms with E-state index in [-0.39, 0.29) is 0 Å². The third kappa shape index (κ3) is 13.4. The molecule has 0 radical (unpaired) electrons. The van der Waals surface area contributed by atoms with E-state index in [1.54, 1.807) is 29.0 Å². The smallest absolute Gasteiger partial charge is 0.232 e. The quantitative estimate of drug-likeness (QED) is 0.0392. The number of halogens is 24. The van der Waals surface area contributed by atoms with Crippen LogP contribution in [0, 0.1) is 0 Å². The lowest BCUT2D eigenvalue weighted by Crippen LogP contribution is -2.75. The van der Waals surface area contributed by atoms with Crippen LogP contribution in [0.3, 0.4) is 0 Å². The van der Waals surface area contributed by atoms with Crippen molar-refractivity contribution in [1.29, 1.82) is 0 Å². The predicted molar refractivity (Wildman–Crippen MR) is 225 cm³/mol. The minimum absolute atomic E-state index is 0.520. The largest absolute Gasteiger partial charge is 0.416 e. The molecule has 5 nitrogen and oxygen atoms in total. The molecular formula is C47H23BF24N4O. The third-order valence-electron chi connectivity index (χ3n) is 11.3. The van der Waals surface area contributed by atoms with Gasteiger partial charge in [-0.05, 0) is 53.4 Å². The zero-order valence-electron chi connectivity index (χ0n) is 37.1. The first-order chi connectivity index (χ1) is 35.1. The van der Waals surface area contributed by atoms with Crippen LogP contribution in [0.1, 0.15) is 44.5 Å². The first-order valence-corrected chi connectivity index (χ1v) is 20.7. The van der Waals surface area contributed by atoms with Gasteiger partial charge >= 0.3 is 49.4 Å². The number of benzene rings is 6. The first kappa shape index (κ1) is 58.5. The van der Waals surface area contributed by atoms with Crippen LogP contribution in [-0.4, -0.2) is 6.15 Å². The van der Waals surface area contributed by atoms with Crippen molar-refractivity contribution in [3.05, 3.63) is 195 Å². The maximum absolute atomic E-state index is 14.2. The van der Waals surface area contributed by atoms with Gasteiger partial charge < -0.3 is 0 Å². The van der Waals surface area contributed by atoms with Crippen LogP contribution < -0.4 is 31.4 Å². The van der Waals surface area contributed by atoms with E-state index in [4.69, 9.17) is 10.4 Å². The topological polar surface area (TPSA) is 61.9 Å². The number of fused-ring (bicyclic) bond motifs is 1. The molecule has 1 aromatic heterocycles. The van der Waals surface area contributed by atoms with Crippen molar-refractivity contribution in [1.82, 2.24) is 0 Å². The number of pyridine rings is 1. The summed E-state index contributed by atoms with van der Waals surface area (Å²) in [6, 6.07) is 8.19. The van der Waals surface area contributed by atoms with Crippen molar-refractivity contribution in [3.63, 3.8) is 0 Å². The fourth-order valence-corrected chi connectivity index (χ4v) is 8.02. The van der Waals surface area contributed by atoms with Crippen LogP contribution in [0.4, 0.5) is 111 Å². The second kappa shape index (κ2) is 20.3. The van der Waals surface area contributed by atoms with Gasteiger partial charge in [0, 0.05) is 21.4 Å². The van der Waals surface area contributed by atoms with E-state index >= 15 is 0 Å². The second-order valence-electron chi connectivity index (χ2n) is 16.4. The average Bonchev–Trinajstić information content (AvgIpc) is 3.30. The molecule has 0 aliphatic carbocycles. The Labute approximate surface area is 414 Å². The molecule has 0 saturated carbocycles. The summed E-state index contributed by atoms with van der Waals surface area (Å²) in [6.45, 7) is 0. The number of hydrogen-bond acceptors (Lipinski definition) is 2. The van der Waals surface area contributed by atoms with Crippen molar-refractivity contribution in [3.8, 4) is 5.75 Å². The third-order valence-corrected chi connectivity index (χ3v) is 11.3. The van der Waals surface area contributed by atoms with Crippen molar-refractivity contribution < 1.29 is 115 Å². The van der Waals surface area contributed by atoms with E-state index in [0.717, 1.165) is 10.8 Å². The van der Waals surface area contributed by atoms with Crippen LogP contribution in [0.5, 0.6) is 5.75 Å². The van der Waals surface area contributed by atoms with Gasteiger partial charge in [-0.1, -0.05) is 84.0 Å². The Bertz CT molecular complexity index is 2930. The zero-order chi connectivity index (χ0) is 57.7. The number of aromatic nitrogens is 1. The molecule has 0 aliphatic rings. The Kier molecular flexibility index (Phi) is 15.4. The Hall–Kier alpha value is -7.78. The lowest BCUT2D eigenvalue weighted by Gasteiger charge is -2.46. The number of hydrogen-bond donors (Lipinski definition) is 0. The molecule has 0 atom stereocenters. The average molecular weight is 1130 g/mol. The Morgan fingerprint density at radius 1 is 0.364 bits per heavy atom. The number of rotatable bonds is 7. The normalized spacial score (nSPS) is 13.2. The van der Waals surface area contributed by atoms with E-state index in [1.807, 2.05) is 42.7 Å². The van der Waals surface area contributed by atoms with Crippen LogP contribution in [0.2, 0.25) is 0 Å². The highest BCUT2D eigenvalue weighted by Crippen LogP contribution is 2.41. The van der Waals surface area contributed by atoms with Crippen molar-refractivity contribution in [2.45, 2.75) is 49.4 Å². The van der Waals surface area contributed by atoms with Gasteiger partial charge in [0.1, 0.15) is 6.15 Å². The van der Waals surface area contributed by atoms with Gasteiger partial charge in [0.05, 0.1) is 49.9 Å². The van der Waals surface area contributed by atoms with E-state index in [1.165, 1.54) is 0 Å². The molecule has 0 spiro atoms. The molecule has 30 heteroatoms. The van der Waals surface area contributed by atoms with Gasteiger partial charge in [-0.3, -0.25) is 0 Å². The maximum atomic E-state index is 14.2. The fourth-order valence-electron chi connectivity index (χ4n) is 8.02. The van der Waals surface area contributed by atoms with Crippen LogP contribution in [0.25, 0.3) is 21.2 Å². The van der Waals surface area contributed by atoms with E-state index in [9.17, 15) is 105 Å². The predicted octanol–water partition coefficient (Wildman–Crippen LogP) is 15.1. The summed E-state index contributed by atoms with van der Waals surface area (Å²) < 4.78 is 342. The number of nitrogens with zero attached hydrogens (tertiary/aromatic N) is 4. The molecule has 408 valence electrons. The zero-order valence-corrected chi connectivity index (χ0v) is 37.1. The molecule has 0 bridgehead atoms. The van der Waals surface area contributed by atoms with Crippen LogP contribution in [0.15, 0.2) is 145 Å². The fraction of sp³-hybridized carbons (Fsp3) is 0.170. The van der Waals surface area contributed by atoms with E-state index in [2.05, 4.69) is 10.0 Å². The molecule has 6 aromatic carbocycles. The minimum Gasteiger partial charge on any atom is -0.232 e. The number of azide groups is 1. The molecular weight excluding hydrogens is 1100 g/mol. The molecule has 77 heavy (non-hydrogen) atoms. The number of alkyl halides is 24. The Morgan fingerprint density at radius 2 is 0.662 bits per heavy atom. The summed E-state index contributed by atoms with van der Waals surface area (Å²) >= 11 is 0. The maximum Gasteiger partial charge on any atom is 0.416 e. The summed E-state index contributed by atoms with van der Waals surface area (Å²) in [5.74, 6) is 0.607. The molecule has 1 heterocycles. The lowest BCUT2D eigenvalue weighted by atomic mass is 9.12. The summed E-state index contributed by atoms with van der Waals surface area (Å²) in [4.78, 5) is 8.46. The Morgan fingerprint density at radius 3 is 0.948 bits per heavy atom. The van der Waals surface area contributed by atoms with Crippen molar-refractivity contribution in [2.24, 2.45) is 5.11 Å². The molecule has 0 saturated heterocycles. The van der Waals surface area contributed by atoms with Crippen molar-refractivity contribution >= 4 is 44.5 Å². The highest BCUT2D eigenvalue weighted by atomic mass is 19.4. The molecule has 0 N–H and O–H groups in total. The summed E-state index contributed by atoms with van der Waals surface area (Å²) in [5, 5.41) is 5.78. The van der Waals surface area contributed by atoms with Gasteiger partial charge in [0.2, 0.25) is 18.1 Å². The van der Waals surface area contributed by atoms with E-state index in [0.29, 0.717) is 11.4 Å². The lowest BCUT2D eigenvalue weighted by molar-refractivity contribution is -0.874. The monoisotopic (exact) mass is 1130 g/mol. The molecule has 0 aliphatic heterocycles. The second-order valence-corrected chi connectivity index (χ2v) is 16.4. The molecule has 7 rings (SSSR count). The SMILES string of the molecule is FC(F)(F)c1cc([B-](c2cc(C(F)(F)F)cc(C(F)(F)F)c2)(c2cc(C(F)(F)F)cc(C(F)(F)F)c2)c2cc(C(F)(F)F)cc(C(F)(F)F)c2)cc(C(F)(F)F)c1.[N-]=[N+]=Nc1cccc(O[n+]2ccc3ccccc3c2)c1. The Balaban J connectivity index is 0.000000397. The summed E-state index contributed by atoms with van der Waals surface area (Å²) in [5.41, 5.74) is -21.3. The molecule has 0 amide bonds. The van der Waals surface area contributed by atoms with Gasteiger partial charge in [-0.25, -0.2) is 4.84 Å².